The van der Waals surface area contributed by atoms with Gasteiger partial charge in [0.1, 0.15) is 11.8 Å². The molecule has 0 atom stereocenters. The van der Waals surface area contributed by atoms with Crippen LogP contribution in [0.5, 0.6) is 5.75 Å². The Kier molecular flexibility index (Phi) is 2.53. The minimum Gasteiger partial charge on any atom is -0.505 e. The van der Waals surface area contributed by atoms with Crippen LogP contribution in [0, 0.1) is 11.3 Å². The molecule has 0 aromatic heterocycles. The van der Waals surface area contributed by atoms with E-state index in [0.29, 0.717) is 4.47 Å². The number of benzene rings is 1. The molecule has 0 aliphatic heterocycles. The van der Waals surface area contributed by atoms with Crippen molar-refractivity contribution in [2.75, 3.05) is 0 Å². The van der Waals surface area contributed by atoms with Gasteiger partial charge in [0.05, 0.1) is 10.0 Å². The summed E-state index contributed by atoms with van der Waals surface area (Å²) in [5, 5.41) is 17.8. The van der Waals surface area contributed by atoms with Gasteiger partial charge in [-0.05, 0) is 44.0 Å². The lowest BCUT2D eigenvalue weighted by atomic mass is 10.2. The fourth-order valence-electron chi connectivity index (χ4n) is 0.630. The fraction of sp³-hybridized carbons (Fsp3) is 0. The molecule has 0 heterocycles. The standard InChI is InChI=1S/C7H3Br2NO/c8-5-2-1-4(3-10)7(11)6(5)9/h1-2,11H. The molecule has 4 heteroatoms. The van der Waals surface area contributed by atoms with Gasteiger partial charge in [-0.25, -0.2) is 0 Å². The van der Waals surface area contributed by atoms with E-state index in [2.05, 4.69) is 31.9 Å². The minimum atomic E-state index is -0.0260. The Labute approximate surface area is 80.7 Å². The van der Waals surface area contributed by atoms with Gasteiger partial charge in [-0.3, -0.25) is 0 Å². The zero-order valence-electron chi connectivity index (χ0n) is 5.31. The van der Waals surface area contributed by atoms with Crippen LogP contribution >= 0.6 is 31.9 Å². The maximum absolute atomic E-state index is 9.28. The molecule has 56 valence electrons. The first-order valence-corrected chi connectivity index (χ1v) is 4.32. The normalized spacial score (nSPS) is 9.18. The molecule has 0 saturated carbocycles. The molecule has 1 rings (SSSR count). The number of aromatic hydroxyl groups is 1. The van der Waals surface area contributed by atoms with Crippen molar-refractivity contribution in [1.29, 1.82) is 5.26 Å². The van der Waals surface area contributed by atoms with Crippen molar-refractivity contribution in [2.45, 2.75) is 0 Å². The van der Waals surface area contributed by atoms with Gasteiger partial charge >= 0.3 is 0 Å². The highest BCUT2D eigenvalue weighted by molar-refractivity contribution is 9.13. The van der Waals surface area contributed by atoms with Gasteiger partial charge in [-0.15, -0.1) is 0 Å². The fourth-order valence-corrected chi connectivity index (χ4v) is 1.30. The first-order chi connectivity index (χ1) is 5.16. The van der Waals surface area contributed by atoms with Crippen molar-refractivity contribution in [3.63, 3.8) is 0 Å². The number of nitrogens with zero attached hydrogens (tertiary/aromatic N) is 1. The van der Waals surface area contributed by atoms with Crippen molar-refractivity contribution in [2.24, 2.45) is 0 Å². The summed E-state index contributed by atoms with van der Waals surface area (Å²) >= 11 is 6.32. The van der Waals surface area contributed by atoms with Gasteiger partial charge in [0.25, 0.3) is 0 Å². The van der Waals surface area contributed by atoms with Crippen LogP contribution in [0.15, 0.2) is 21.1 Å². The largest absolute Gasteiger partial charge is 0.505 e. The highest BCUT2D eigenvalue weighted by atomic mass is 79.9. The topological polar surface area (TPSA) is 44.0 Å². The number of rotatable bonds is 0. The van der Waals surface area contributed by atoms with E-state index in [1.807, 2.05) is 6.07 Å². The summed E-state index contributed by atoms with van der Waals surface area (Å²) in [5.41, 5.74) is 0.264. The molecule has 0 amide bonds. The Morgan fingerprint density at radius 3 is 2.55 bits per heavy atom. The number of phenolic OH excluding ortho intramolecular Hbond substituents is 1. The average Bonchev–Trinajstić information content (AvgIpc) is 2.01. The van der Waals surface area contributed by atoms with E-state index in [4.69, 9.17) is 5.26 Å². The molecule has 0 aliphatic rings. The Hall–Kier alpha value is -0.530. The molecule has 0 spiro atoms. The van der Waals surface area contributed by atoms with Gasteiger partial charge < -0.3 is 5.11 Å². The van der Waals surface area contributed by atoms with Crippen molar-refractivity contribution in [1.82, 2.24) is 0 Å². The third kappa shape index (κ3) is 1.55. The molecule has 2 nitrogen and oxygen atoms in total. The molecule has 11 heavy (non-hydrogen) atoms. The number of hydrogen-bond acceptors (Lipinski definition) is 2. The van der Waals surface area contributed by atoms with Gasteiger partial charge in [0, 0.05) is 4.47 Å². The third-order valence-corrected chi connectivity index (χ3v) is 3.19. The predicted molar refractivity (Wildman–Crippen MR) is 48.2 cm³/mol. The lowest BCUT2D eigenvalue weighted by Crippen LogP contribution is -1.78. The number of halogens is 2. The highest BCUT2D eigenvalue weighted by Gasteiger charge is 2.06. The van der Waals surface area contributed by atoms with E-state index in [1.165, 1.54) is 0 Å². The second kappa shape index (κ2) is 3.24. The molecular weight excluding hydrogens is 274 g/mol. The third-order valence-electron chi connectivity index (χ3n) is 1.19. The molecule has 0 aliphatic carbocycles. The van der Waals surface area contributed by atoms with Crippen LogP contribution in [0.3, 0.4) is 0 Å². The molecule has 0 radical (unpaired) electrons. The SMILES string of the molecule is N#Cc1ccc(Br)c(Br)c1O. The number of hydrogen-bond donors (Lipinski definition) is 1. The van der Waals surface area contributed by atoms with Crippen LogP contribution in [0.1, 0.15) is 5.56 Å². The lowest BCUT2D eigenvalue weighted by molar-refractivity contribution is 0.469. The van der Waals surface area contributed by atoms with E-state index >= 15 is 0 Å². The molecule has 1 aromatic carbocycles. The van der Waals surface area contributed by atoms with E-state index in [1.54, 1.807) is 12.1 Å². The van der Waals surface area contributed by atoms with Crippen LogP contribution in [0.4, 0.5) is 0 Å². The van der Waals surface area contributed by atoms with Gasteiger partial charge in [-0.1, -0.05) is 0 Å². The van der Waals surface area contributed by atoms with Crippen molar-refractivity contribution in [3.8, 4) is 11.8 Å². The minimum absolute atomic E-state index is 0.0260. The molecular formula is C7H3Br2NO. The predicted octanol–water partition coefficient (Wildman–Crippen LogP) is 2.79. The van der Waals surface area contributed by atoms with Gasteiger partial charge in [0.15, 0.2) is 0 Å². The Morgan fingerprint density at radius 2 is 2.00 bits per heavy atom. The second-order valence-corrected chi connectivity index (χ2v) is 3.52. The number of phenols is 1. The monoisotopic (exact) mass is 275 g/mol. The molecule has 0 unspecified atom stereocenters. The summed E-state index contributed by atoms with van der Waals surface area (Å²) in [6, 6.07) is 5.11. The van der Waals surface area contributed by atoms with Crippen molar-refractivity contribution in [3.05, 3.63) is 26.6 Å². The van der Waals surface area contributed by atoms with Crippen LogP contribution in [0.2, 0.25) is 0 Å². The number of nitriles is 1. The maximum Gasteiger partial charge on any atom is 0.148 e. The van der Waals surface area contributed by atoms with Gasteiger partial charge in [-0.2, -0.15) is 5.26 Å². The van der Waals surface area contributed by atoms with Crippen molar-refractivity contribution >= 4 is 31.9 Å². The maximum atomic E-state index is 9.28. The summed E-state index contributed by atoms with van der Waals surface area (Å²) in [7, 11) is 0. The van der Waals surface area contributed by atoms with E-state index in [9.17, 15) is 5.11 Å². The summed E-state index contributed by atoms with van der Waals surface area (Å²) in [4.78, 5) is 0. The quantitative estimate of drug-likeness (QED) is 0.792. The molecule has 0 saturated heterocycles. The molecule has 0 bridgehead atoms. The summed E-state index contributed by atoms with van der Waals surface area (Å²) < 4.78 is 1.24. The smallest absolute Gasteiger partial charge is 0.148 e. The molecule has 1 aromatic rings. The van der Waals surface area contributed by atoms with E-state index < -0.39 is 0 Å². The molecule has 1 N–H and O–H groups in total. The lowest BCUT2D eigenvalue weighted by Gasteiger charge is -1.99. The van der Waals surface area contributed by atoms with Gasteiger partial charge in [0.2, 0.25) is 0 Å². The van der Waals surface area contributed by atoms with Crippen molar-refractivity contribution < 1.29 is 5.11 Å². The zero-order valence-corrected chi connectivity index (χ0v) is 8.48. The molecule has 0 fully saturated rings. The summed E-state index contributed by atoms with van der Waals surface area (Å²) in [6.07, 6.45) is 0. The first kappa shape index (κ1) is 8.57. The Morgan fingerprint density at radius 1 is 1.36 bits per heavy atom. The Balaban J connectivity index is 3.40. The van der Waals surface area contributed by atoms with E-state index in [0.717, 1.165) is 4.47 Å². The van der Waals surface area contributed by atoms with E-state index in [-0.39, 0.29) is 11.3 Å². The average molecular weight is 277 g/mol. The van der Waals surface area contributed by atoms with Crippen LogP contribution in [0.25, 0.3) is 0 Å². The van der Waals surface area contributed by atoms with Crippen LogP contribution < -0.4 is 0 Å². The first-order valence-electron chi connectivity index (χ1n) is 2.74. The highest BCUT2D eigenvalue weighted by Crippen LogP contribution is 2.33. The van der Waals surface area contributed by atoms with Crippen LogP contribution in [-0.4, -0.2) is 5.11 Å². The summed E-state index contributed by atoms with van der Waals surface area (Å²) in [5.74, 6) is -0.0260. The Bertz CT molecular complexity index is 330. The zero-order chi connectivity index (χ0) is 8.43. The summed E-state index contributed by atoms with van der Waals surface area (Å²) in [6.45, 7) is 0. The van der Waals surface area contributed by atoms with Crippen LogP contribution in [-0.2, 0) is 0 Å². The second-order valence-electron chi connectivity index (χ2n) is 1.87.